The molecule has 0 radical (unpaired) electrons. The lowest BCUT2D eigenvalue weighted by atomic mass is 10.1. The van der Waals surface area contributed by atoms with Crippen molar-refractivity contribution in [1.29, 1.82) is 0 Å². The van der Waals surface area contributed by atoms with Gasteiger partial charge in [0.15, 0.2) is 11.6 Å². The summed E-state index contributed by atoms with van der Waals surface area (Å²) in [5.74, 6) is 1.38. The van der Waals surface area contributed by atoms with Gasteiger partial charge in [0.2, 0.25) is 0 Å². The summed E-state index contributed by atoms with van der Waals surface area (Å²) in [6.07, 6.45) is 9.85. The van der Waals surface area contributed by atoms with Crippen LogP contribution in [0.15, 0.2) is 12.1 Å². The van der Waals surface area contributed by atoms with Crippen LogP contribution in [0.25, 0.3) is 0 Å². The van der Waals surface area contributed by atoms with Crippen LogP contribution in [0.5, 0.6) is 11.5 Å². The number of rotatable bonds is 5. The zero-order valence-electron chi connectivity index (χ0n) is 12.9. The molecular weight excluding hydrogens is 267 g/mol. The molecule has 1 aromatic rings. The summed E-state index contributed by atoms with van der Waals surface area (Å²) >= 11 is 0. The third-order valence-electron chi connectivity index (χ3n) is 4.85. The summed E-state index contributed by atoms with van der Waals surface area (Å²) in [5, 5.41) is 0. The van der Waals surface area contributed by atoms with Gasteiger partial charge in [-0.15, -0.1) is 0 Å². The third kappa shape index (κ3) is 3.50. The van der Waals surface area contributed by atoms with E-state index in [-0.39, 0.29) is 11.9 Å². The maximum atomic E-state index is 14.4. The molecule has 2 nitrogen and oxygen atoms in total. The second-order valence-corrected chi connectivity index (χ2v) is 6.49. The van der Waals surface area contributed by atoms with Gasteiger partial charge in [-0.1, -0.05) is 12.8 Å². The smallest absolute Gasteiger partial charge is 0.171 e. The molecule has 3 heteroatoms. The predicted octanol–water partition coefficient (Wildman–Crippen LogP) is 5.02. The normalized spacial score (nSPS) is 20.1. The molecule has 2 aliphatic carbocycles. The van der Waals surface area contributed by atoms with Crippen LogP contribution in [0.2, 0.25) is 0 Å². The quantitative estimate of drug-likeness (QED) is 0.758. The van der Waals surface area contributed by atoms with E-state index < -0.39 is 0 Å². The first-order chi connectivity index (χ1) is 10.2. The van der Waals surface area contributed by atoms with E-state index in [4.69, 9.17) is 9.47 Å². The van der Waals surface area contributed by atoms with Crippen molar-refractivity contribution in [2.45, 2.75) is 64.4 Å². The van der Waals surface area contributed by atoms with Crippen LogP contribution in [-0.4, -0.2) is 12.7 Å². The maximum Gasteiger partial charge on any atom is 0.171 e. The fourth-order valence-electron chi connectivity index (χ4n) is 3.45. The minimum absolute atomic E-state index is 0.258. The van der Waals surface area contributed by atoms with E-state index >= 15 is 0 Å². The molecule has 2 aliphatic rings. The van der Waals surface area contributed by atoms with Gasteiger partial charge in [-0.25, -0.2) is 4.39 Å². The van der Waals surface area contributed by atoms with Crippen molar-refractivity contribution in [2.24, 2.45) is 5.92 Å². The van der Waals surface area contributed by atoms with Crippen LogP contribution in [0, 0.1) is 18.7 Å². The maximum absolute atomic E-state index is 14.4. The Morgan fingerprint density at radius 1 is 1.00 bits per heavy atom. The number of hydrogen-bond donors (Lipinski definition) is 0. The van der Waals surface area contributed by atoms with Gasteiger partial charge < -0.3 is 9.47 Å². The average molecular weight is 292 g/mol. The number of hydrogen-bond acceptors (Lipinski definition) is 2. The monoisotopic (exact) mass is 292 g/mol. The Morgan fingerprint density at radius 2 is 1.62 bits per heavy atom. The highest BCUT2D eigenvalue weighted by molar-refractivity contribution is 5.41. The van der Waals surface area contributed by atoms with Gasteiger partial charge in [-0.3, -0.25) is 0 Å². The van der Waals surface area contributed by atoms with E-state index in [1.165, 1.54) is 38.5 Å². The molecule has 0 aromatic heterocycles. The topological polar surface area (TPSA) is 18.5 Å². The Hall–Kier alpha value is -1.25. The van der Waals surface area contributed by atoms with Crippen LogP contribution in [0.1, 0.15) is 56.9 Å². The minimum Gasteiger partial charge on any atom is -0.490 e. The fourth-order valence-corrected chi connectivity index (χ4v) is 3.45. The van der Waals surface area contributed by atoms with Crippen molar-refractivity contribution < 1.29 is 13.9 Å². The second kappa shape index (κ2) is 6.67. The van der Waals surface area contributed by atoms with Crippen molar-refractivity contribution in [2.75, 3.05) is 6.61 Å². The highest BCUT2D eigenvalue weighted by atomic mass is 19.1. The summed E-state index contributed by atoms with van der Waals surface area (Å²) in [4.78, 5) is 0. The molecule has 3 rings (SSSR count). The summed E-state index contributed by atoms with van der Waals surface area (Å²) in [5.41, 5.74) is 0.575. The number of ether oxygens (including phenoxy) is 2. The van der Waals surface area contributed by atoms with E-state index in [2.05, 4.69) is 0 Å². The Balaban J connectivity index is 1.63. The molecule has 116 valence electrons. The lowest BCUT2D eigenvalue weighted by Crippen LogP contribution is -2.13. The van der Waals surface area contributed by atoms with Crippen molar-refractivity contribution in [1.82, 2.24) is 0 Å². The van der Waals surface area contributed by atoms with E-state index in [1.54, 1.807) is 13.0 Å². The molecule has 2 fully saturated rings. The van der Waals surface area contributed by atoms with E-state index in [0.29, 0.717) is 29.6 Å². The average Bonchev–Trinajstić information content (AvgIpc) is 3.16. The molecule has 0 spiro atoms. The van der Waals surface area contributed by atoms with E-state index in [1.807, 2.05) is 6.07 Å². The summed E-state index contributed by atoms with van der Waals surface area (Å²) < 4.78 is 26.0. The molecule has 2 saturated carbocycles. The number of halogens is 1. The highest BCUT2D eigenvalue weighted by Crippen LogP contribution is 2.33. The fraction of sp³-hybridized carbons (Fsp3) is 0.667. The van der Waals surface area contributed by atoms with Crippen LogP contribution in [0.3, 0.4) is 0 Å². The summed E-state index contributed by atoms with van der Waals surface area (Å²) in [7, 11) is 0. The van der Waals surface area contributed by atoms with Crippen molar-refractivity contribution in [3.63, 3.8) is 0 Å². The van der Waals surface area contributed by atoms with E-state index in [0.717, 1.165) is 12.8 Å². The molecule has 0 heterocycles. The largest absolute Gasteiger partial charge is 0.490 e. The standard InChI is InChI=1S/C18H25FO2/c1-13-16(21-15-8-4-5-9-15)10-11-17(18(13)19)20-12-14-6-2-3-7-14/h10-11,14-15H,2-9,12H2,1H3. The molecule has 21 heavy (non-hydrogen) atoms. The molecule has 0 saturated heterocycles. The van der Waals surface area contributed by atoms with Crippen molar-refractivity contribution >= 4 is 0 Å². The van der Waals surface area contributed by atoms with Crippen LogP contribution in [-0.2, 0) is 0 Å². The van der Waals surface area contributed by atoms with Crippen LogP contribution >= 0.6 is 0 Å². The molecule has 0 aliphatic heterocycles. The first-order valence-electron chi connectivity index (χ1n) is 8.32. The summed E-state index contributed by atoms with van der Waals surface area (Å²) in [6, 6.07) is 3.59. The van der Waals surface area contributed by atoms with E-state index in [9.17, 15) is 4.39 Å². The SMILES string of the molecule is Cc1c(OC2CCCC2)ccc(OCC2CCCC2)c1F. The first kappa shape index (κ1) is 14.7. The molecule has 0 unspecified atom stereocenters. The van der Waals surface area contributed by atoms with Crippen LogP contribution in [0.4, 0.5) is 4.39 Å². The van der Waals surface area contributed by atoms with Gasteiger partial charge in [-0.05, 0) is 63.5 Å². The second-order valence-electron chi connectivity index (χ2n) is 6.49. The van der Waals surface area contributed by atoms with Gasteiger partial charge in [0.1, 0.15) is 5.75 Å². The van der Waals surface area contributed by atoms with Crippen LogP contribution < -0.4 is 9.47 Å². The third-order valence-corrected chi connectivity index (χ3v) is 4.85. The van der Waals surface area contributed by atoms with Gasteiger partial charge >= 0.3 is 0 Å². The Labute approximate surface area is 126 Å². The van der Waals surface area contributed by atoms with Gasteiger partial charge in [-0.2, -0.15) is 0 Å². The molecule has 0 bridgehead atoms. The molecule has 0 N–H and O–H groups in total. The Morgan fingerprint density at radius 3 is 2.33 bits per heavy atom. The zero-order valence-corrected chi connectivity index (χ0v) is 12.9. The zero-order chi connectivity index (χ0) is 14.7. The molecule has 0 amide bonds. The highest BCUT2D eigenvalue weighted by Gasteiger charge is 2.20. The molecule has 0 atom stereocenters. The van der Waals surface area contributed by atoms with Gasteiger partial charge in [0, 0.05) is 5.56 Å². The Kier molecular flexibility index (Phi) is 4.67. The lowest BCUT2D eigenvalue weighted by molar-refractivity contribution is 0.205. The Bertz CT molecular complexity index is 474. The summed E-state index contributed by atoms with van der Waals surface area (Å²) in [6.45, 7) is 2.42. The predicted molar refractivity (Wildman–Crippen MR) is 81.5 cm³/mol. The molecular formula is C18H25FO2. The minimum atomic E-state index is -0.261. The van der Waals surface area contributed by atoms with Crippen molar-refractivity contribution in [3.05, 3.63) is 23.5 Å². The van der Waals surface area contributed by atoms with Gasteiger partial charge in [0.05, 0.1) is 12.7 Å². The van der Waals surface area contributed by atoms with Crippen molar-refractivity contribution in [3.8, 4) is 11.5 Å². The number of benzene rings is 1. The lowest BCUT2D eigenvalue weighted by Gasteiger charge is -2.18. The van der Waals surface area contributed by atoms with Gasteiger partial charge in [0.25, 0.3) is 0 Å². The first-order valence-corrected chi connectivity index (χ1v) is 8.32. The molecule has 1 aromatic carbocycles.